The molecule has 3 nitrogen and oxygen atoms in total. The number of fused-ring (bicyclic) bond motifs is 6. The Labute approximate surface area is 403 Å². The van der Waals surface area contributed by atoms with E-state index in [0.29, 0.717) is 0 Å². The third kappa shape index (κ3) is 7.78. The summed E-state index contributed by atoms with van der Waals surface area (Å²) >= 11 is 0. The van der Waals surface area contributed by atoms with E-state index in [4.69, 9.17) is 4.42 Å². The van der Waals surface area contributed by atoms with Gasteiger partial charge in [0, 0.05) is 55.6 Å². The van der Waals surface area contributed by atoms with Gasteiger partial charge < -0.3 is 13.9 Å². The van der Waals surface area contributed by atoms with E-state index in [0.717, 1.165) is 69.4 Å². The number of nitrogens with zero attached hydrogens (tertiary/aromatic N) is 2. The topological polar surface area (TPSA) is 21.3 Å². The van der Waals surface area contributed by atoms with Gasteiger partial charge in [0.05, 0.1) is 11.2 Å². The minimum absolute atomic E-state index is 0.792. The second-order valence-electron chi connectivity index (χ2n) is 17.8. The van der Waals surface area contributed by atoms with E-state index < -0.39 is 0 Å². The van der Waals surface area contributed by atoms with Crippen LogP contribution in [0.3, 0.4) is 0 Å². The number of anilines is 2. The number of hydrogen-bond acceptors (Lipinski definition) is 2. The largest absolute Gasteiger partial charge is 0.455 e. The molecule has 330 valence electrons. The van der Waals surface area contributed by atoms with Crippen molar-refractivity contribution in [2.24, 2.45) is 0 Å². The van der Waals surface area contributed by atoms with Crippen LogP contribution in [0.2, 0.25) is 0 Å². The molecule has 0 fully saturated rings. The van der Waals surface area contributed by atoms with Crippen molar-refractivity contribution in [3.8, 4) is 50.2 Å². The second kappa shape index (κ2) is 18.2. The second-order valence-corrected chi connectivity index (χ2v) is 17.8. The molecule has 2 heterocycles. The molecule has 0 radical (unpaired) electrons. The first-order valence-electron chi connectivity index (χ1n) is 24.1. The first-order valence-corrected chi connectivity index (χ1v) is 24.1. The number of allylic oxidation sites excluding steroid dienone is 4. The summed E-state index contributed by atoms with van der Waals surface area (Å²) in [6, 6.07) is 78.8. The highest BCUT2D eigenvalue weighted by atomic mass is 16.3. The van der Waals surface area contributed by atoms with Gasteiger partial charge in [-0.25, -0.2) is 0 Å². The molecule has 0 aliphatic heterocycles. The summed E-state index contributed by atoms with van der Waals surface area (Å²) in [5, 5.41) is 3.60. The Bertz CT molecular complexity index is 3750. The van der Waals surface area contributed by atoms with Crippen molar-refractivity contribution >= 4 is 50.3 Å². The number of para-hydroxylation sites is 4. The minimum Gasteiger partial charge on any atom is -0.455 e. The molecule has 3 heteroatoms. The highest BCUT2D eigenvalue weighted by Crippen LogP contribution is 2.42. The van der Waals surface area contributed by atoms with Crippen LogP contribution in [0.5, 0.6) is 0 Å². The number of benzene rings is 9. The van der Waals surface area contributed by atoms with E-state index in [-0.39, 0.29) is 0 Å². The summed E-state index contributed by atoms with van der Waals surface area (Å²) in [6.45, 7) is 2.13. The average molecular weight is 887 g/mol. The summed E-state index contributed by atoms with van der Waals surface area (Å²) in [5.41, 5.74) is 20.9. The van der Waals surface area contributed by atoms with Crippen molar-refractivity contribution in [1.82, 2.24) is 4.57 Å². The first-order chi connectivity index (χ1) is 34.2. The third-order valence-electron chi connectivity index (χ3n) is 13.7. The summed E-state index contributed by atoms with van der Waals surface area (Å²) in [5.74, 6) is 0. The monoisotopic (exact) mass is 886 g/mol. The number of hydrogen-bond donors (Lipinski definition) is 0. The summed E-state index contributed by atoms with van der Waals surface area (Å²) in [6.07, 6.45) is 14.2. The molecule has 12 rings (SSSR count). The van der Waals surface area contributed by atoms with Crippen molar-refractivity contribution in [3.05, 3.63) is 265 Å². The molecule has 0 bridgehead atoms. The van der Waals surface area contributed by atoms with E-state index in [1.807, 2.05) is 12.1 Å². The lowest BCUT2D eigenvalue weighted by atomic mass is 9.93. The molecule has 9 aromatic carbocycles. The zero-order valence-corrected chi connectivity index (χ0v) is 38.6. The SMILES string of the molecule is C/C=C(\C=C/Cc1ccc(-c2cccc3c2oc2ccccc23)cc1)N(c1ccc(-c2ccccc2-c2ccccc2-n2c3c(c4ccccc42)C=CCC3)cc1)c1cccc(-c2ccccc2)c1. The standard InChI is InChI=1S/C66H50N2O/c1-2-51(23-16-19-46-37-39-49(40-38-46)55-31-18-32-61-60-30-11-15-36-65(60)69-66(55)61)67(53-24-17-22-50(45-53)47-20-4-3-5-21-47)52-43-41-48(42-44-52)54-25-6-7-26-56(54)57-27-8-12-33-62(57)68-63-34-13-9-28-58(63)59-29-10-14-35-64(59)68/h2-13,15-18,20-34,36-45H,14,19,35H2,1H3/b23-16-,51-2+. The molecule has 2 aromatic heterocycles. The smallest absolute Gasteiger partial charge is 0.143 e. The fraction of sp³-hybridized carbons (Fsp3) is 0.0606. The van der Waals surface area contributed by atoms with Crippen LogP contribution >= 0.6 is 0 Å². The lowest BCUT2D eigenvalue weighted by molar-refractivity contribution is 0.670. The molecule has 0 saturated heterocycles. The molecule has 0 atom stereocenters. The number of aromatic nitrogens is 1. The predicted molar refractivity (Wildman–Crippen MR) is 291 cm³/mol. The number of furan rings is 1. The van der Waals surface area contributed by atoms with Gasteiger partial charge in [0.1, 0.15) is 11.2 Å². The number of rotatable bonds is 11. The third-order valence-corrected chi connectivity index (χ3v) is 13.7. The van der Waals surface area contributed by atoms with Crippen molar-refractivity contribution < 1.29 is 4.42 Å². The summed E-state index contributed by atoms with van der Waals surface area (Å²) < 4.78 is 8.88. The quantitative estimate of drug-likeness (QED) is 0.121. The van der Waals surface area contributed by atoms with Crippen molar-refractivity contribution in [2.75, 3.05) is 4.90 Å². The Hall–Kier alpha value is -8.66. The first kappa shape index (κ1) is 41.7. The van der Waals surface area contributed by atoms with Gasteiger partial charge >= 0.3 is 0 Å². The van der Waals surface area contributed by atoms with Crippen molar-refractivity contribution in [1.29, 1.82) is 0 Å². The zero-order chi connectivity index (χ0) is 46.1. The molecular formula is C66H50N2O. The molecule has 1 aliphatic carbocycles. The fourth-order valence-electron chi connectivity index (χ4n) is 10.4. The summed E-state index contributed by atoms with van der Waals surface area (Å²) in [4.78, 5) is 2.37. The van der Waals surface area contributed by atoms with E-state index in [9.17, 15) is 0 Å². The molecule has 1 aliphatic rings. The van der Waals surface area contributed by atoms with Crippen LogP contribution in [0.1, 0.15) is 30.2 Å². The zero-order valence-electron chi connectivity index (χ0n) is 38.6. The van der Waals surface area contributed by atoms with E-state index in [1.54, 1.807) is 0 Å². The normalized spacial score (nSPS) is 12.6. The maximum Gasteiger partial charge on any atom is 0.143 e. The molecule has 0 spiro atoms. The van der Waals surface area contributed by atoms with Crippen molar-refractivity contribution in [2.45, 2.75) is 26.2 Å². The average Bonchev–Trinajstić information content (AvgIpc) is 3.97. The molecular weight excluding hydrogens is 837 g/mol. The van der Waals surface area contributed by atoms with Gasteiger partial charge in [-0.2, -0.15) is 0 Å². The Morgan fingerprint density at radius 2 is 1.19 bits per heavy atom. The highest BCUT2D eigenvalue weighted by Gasteiger charge is 2.22. The molecule has 0 amide bonds. The molecule has 11 aromatic rings. The van der Waals surface area contributed by atoms with Gasteiger partial charge in [-0.3, -0.25) is 0 Å². The van der Waals surface area contributed by atoms with Gasteiger partial charge in [0.15, 0.2) is 0 Å². The van der Waals surface area contributed by atoms with Crippen LogP contribution in [-0.4, -0.2) is 4.57 Å². The Morgan fingerprint density at radius 1 is 0.536 bits per heavy atom. The van der Waals surface area contributed by atoms with Crippen LogP contribution in [0.15, 0.2) is 253 Å². The molecule has 69 heavy (non-hydrogen) atoms. The summed E-state index contributed by atoms with van der Waals surface area (Å²) in [7, 11) is 0. The van der Waals surface area contributed by atoms with Gasteiger partial charge in [-0.15, -0.1) is 0 Å². The fourth-order valence-corrected chi connectivity index (χ4v) is 10.4. The van der Waals surface area contributed by atoms with E-state index in [1.165, 1.54) is 66.8 Å². The lowest BCUT2D eigenvalue weighted by Crippen LogP contribution is -2.15. The Kier molecular flexibility index (Phi) is 11.0. The van der Waals surface area contributed by atoms with Crippen LogP contribution in [0.4, 0.5) is 11.4 Å². The highest BCUT2D eigenvalue weighted by molar-refractivity contribution is 6.09. The lowest BCUT2D eigenvalue weighted by Gasteiger charge is -2.27. The maximum absolute atomic E-state index is 6.37. The van der Waals surface area contributed by atoms with Crippen LogP contribution in [0, 0.1) is 0 Å². The Balaban J connectivity index is 0.874. The minimum atomic E-state index is 0.792. The van der Waals surface area contributed by atoms with Gasteiger partial charge in [0.2, 0.25) is 0 Å². The maximum atomic E-state index is 6.37. The molecule has 0 unspecified atom stereocenters. The van der Waals surface area contributed by atoms with Gasteiger partial charge in [-0.05, 0) is 114 Å². The van der Waals surface area contributed by atoms with Crippen LogP contribution in [0.25, 0.3) is 89.1 Å². The molecule has 0 saturated carbocycles. The van der Waals surface area contributed by atoms with E-state index >= 15 is 0 Å². The van der Waals surface area contributed by atoms with Gasteiger partial charge in [0.25, 0.3) is 0 Å². The van der Waals surface area contributed by atoms with Crippen LogP contribution < -0.4 is 4.90 Å². The predicted octanol–water partition coefficient (Wildman–Crippen LogP) is 18.0. The Morgan fingerprint density at radius 3 is 2.03 bits per heavy atom. The van der Waals surface area contributed by atoms with Crippen molar-refractivity contribution in [3.63, 3.8) is 0 Å². The van der Waals surface area contributed by atoms with Crippen LogP contribution in [-0.2, 0) is 12.8 Å². The van der Waals surface area contributed by atoms with E-state index in [2.05, 4.69) is 253 Å². The van der Waals surface area contributed by atoms with Gasteiger partial charge in [-0.1, -0.05) is 200 Å². The molecule has 0 N–H and O–H groups in total.